The minimum absolute atomic E-state index is 0.166. The fourth-order valence-corrected chi connectivity index (χ4v) is 5.41. The molecule has 2 aromatic rings. The highest BCUT2D eigenvalue weighted by Crippen LogP contribution is 2.54. The van der Waals surface area contributed by atoms with Gasteiger partial charge in [0.1, 0.15) is 0 Å². The van der Waals surface area contributed by atoms with Crippen LogP contribution in [-0.4, -0.2) is 42.1 Å². The Kier molecular flexibility index (Phi) is 4.76. The van der Waals surface area contributed by atoms with Gasteiger partial charge >= 0.3 is 5.97 Å². The first-order chi connectivity index (χ1) is 13.1. The van der Waals surface area contributed by atoms with Gasteiger partial charge in [-0.05, 0) is 55.7 Å². The molecule has 0 saturated carbocycles. The second-order valence-corrected chi connectivity index (χ2v) is 7.92. The first kappa shape index (κ1) is 18.2. The number of carbonyl (C=O) groups excluding carboxylic acids is 1. The Morgan fingerprint density at radius 3 is 2.96 bits per heavy atom. The Labute approximate surface area is 159 Å². The molecule has 6 nitrogen and oxygen atoms in total. The van der Waals surface area contributed by atoms with Crippen LogP contribution in [0.2, 0.25) is 0 Å². The Morgan fingerprint density at radius 2 is 2.22 bits per heavy atom. The normalized spacial score (nSPS) is 26.2. The molecule has 0 amide bonds. The molecule has 4 rings (SSSR count). The SMILES string of the molecule is CC[C@]1(CC(N=O)C(=O)OC)CCCN2CCc3c([nH]c4ccccc34)[C@@H]21. The van der Waals surface area contributed by atoms with Gasteiger partial charge in [0.25, 0.3) is 0 Å². The highest BCUT2D eigenvalue weighted by atomic mass is 16.5. The highest BCUT2D eigenvalue weighted by molar-refractivity contribution is 5.85. The van der Waals surface area contributed by atoms with Crippen molar-refractivity contribution in [2.24, 2.45) is 10.6 Å². The van der Waals surface area contributed by atoms with Gasteiger partial charge in [-0.25, -0.2) is 4.79 Å². The Bertz CT molecular complexity index is 861. The van der Waals surface area contributed by atoms with E-state index in [4.69, 9.17) is 4.74 Å². The van der Waals surface area contributed by atoms with E-state index in [9.17, 15) is 9.70 Å². The van der Waals surface area contributed by atoms with Crippen LogP contribution in [-0.2, 0) is 16.0 Å². The number of nitroso groups, excluding NO2 is 1. The number of aromatic nitrogens is 1. The number of aromatic amines is 1. The molecule has 2 aliphatic rings. The summed E-state index contributed by atoms with van der Waals surface area (Å²) in [6.07, 6.45) is 4.43. The van der Waals surface area contributed by atoms with Crippen LogP contribution in [0.15, 0.2) is 29.4 Å². The molecule has 3 atom stereocenters. The summed E-state index contributed by atoms with van der Waals surface area (Å²) in [5.41, 5.74) is 3.65. The van der Waals surface area contributed by atoms with Crippen molar-refractivity contribution in [2.75, 3.05) is 20.2 Å². The number of para-hydroxylation sites is 1. The lowest BCUT2D eigenvalue weighted by Gasteiger charge is -2.52. The van der Waals surface area contributed by atoms with Gasteiger partial charge < -0.3 is 9.72 Å². The number of piperidine rings is 1. The smallest absolute Gasteiger partial charge is 0.334 e. The summed E-state index contributed by atoms with van der Waals surface area (Å²) in [6.45, 7) is 4.23. The van der Waals surface area contributed by atoms with Gasteiger partial charge in [-0.1, -0.05) is 30.3 Å². The van der Waals surface area contributed by atoms with E-state index in [1.807, 2.05) is 0 Å². The summed E-state index contributed by atoms with van der Waals surface area (Å²) in [5, 5.41) is 4.42. The zero-order chi connectivity index (χ0) is 19.0. The van der Waals surface area contributed by atoms with Gasteiger partial charge in [0.2, 0.25) is 0 Å². The van der Waals surface area contributed by atoms with Crippen molar-refractivity contribution in [3.05, 3.63) is 40.4 Å². The third-order valence-corrected chi connectivity index (χ3v) is 6.74. The summed E-state index contributed by atoms with van der Waals surface area (Å²) in [4.78, 5) is 29.7. The highest BCUT2D eigenvalue weighted by Gasteiger charge is 2.49. The maximum Gasteiger partial charge on any atom is 0.334 e. The average Bonchev–Trinajstić information content (AvgIpc) is 3.10. The first-order valence-electron chi connectivity index (χ1n) is 9.87. The maximum absolute atomic E-state index is 12.1. The van der Waals surface area contributed by atoms with E-state index in [2.05, 4.69) is 46.2 Å². The van der Waals surface area contributed by atoms with Gasteiger partial charge in [0, 0.05) is 23.1 Å². The quantitative estimate of drug-likeness (QED) is 0.639. The van der Waals surface area contributed by atoms with Crippen molar-refractivity contribution in [1.29, 1.82) is 0 Å². The largest absolute Gasteiger partial charge is 0.467 e. The van der Waals surface area contributed by atoms with Crippen molar-refractivity contribution < 1.29 is 9.53 Å². The van der Waals surface area contributed by atoms with E-state index < -0.39 is 12.0 Å². The lowest BCUT2D eigenvalue weighted by Crippen LogP contribution is -2.50. The van der Waals surface area contributed by atoms with E-state index in [0.29, 0.717) is 6.42 Å². The van der Waals surface area contributed by atoms with Crippen LogP contribution in [0.5, 0.6) is 0 Å². The number of ether oxygens (including phenoxy) is 1. The average molecular weight is 369 g/mol. The number of rotatable bonds is 5. The number of esters is 1. The molecular weight excluding hydrogens is 342 g/mol. The standard InChI is InChI=1S/C21H27N3O3/c1-3-21(13-17(23-26)20(25)27-2)10-6-11-24-12-9-15-14-7-4-5-8-16(14)22-18(15)19(21)24/h4-5,7-8,17,19,22H,3,6,9-13H2,1-2H3/t17?,19-,21-/m1/s1. The van der Waals surface area contributed by atoms with E-state index in [-0.39, 0.29) is 11.5 Å². The van der Waals surface area contributed by atoms with Crippen LogP contribution in [0, 0.1) is 10.3 Å². The molecule has 0 bridgehead atoms. The number of benzene rings is 1. The Morgan fingerprint density at radius 1 is 1.41 bits per heavy atom. The summed E-state index contributed by atoms with van der Waals surface area (Å²) >= 11 is 0. The topological polar surface area (TPSA) is 74.8 Å². The number of carbonyl (C=O) groups is 1. The molecule has 1 fully saturated rings. The molecule has 27 heavy (non-hydrogen) atoms. The van der Waals surface area contributed by atoms with Gasteiger partial charge in [-0.2, -0.15) is 0 Å². The minimum Gasteiger partial charge on any atom is -0.467 e. The van der Waals surface area contributed by atoms with Crippen molar-refractivity contribution >= 4 is 16.9 Å². The summed E-state index contributed by atoms with van der Waals surface area (Å²) in [6, 6.07) is 7.69. The molecule has 1 N–H and O–H groups in total. The molecule has 2 aliphatic heterocycles. The minimum atomic E-state index is -0.940. The van der Waals surface area contributed by atoms with Gasteiger partial charge in [-0.3, -0.25) is 4.90 Å². The fraction of sp³-hybridized carbons (Fsp3) is 0.571. The Balaban J connectivity index is 1.80. The zero-order valence-electron chi connectivity index (χ0n) is 16.0. The molecule has 144 valence electrons. The molecule has 1 saturated heterocycles. The van der Waals surface area contributed by atoms with Gasteiger partial charge in [0.15, 0.2) is 6.04 Å². The lowest BCUT2D eigenvalue weighted by molar-refractivity contribution is -0.144. The second kappa shape index (κ2) is 7.08. The maximum atomic E-state index is 12.1. The molecule has 3 heterocycles. The molecule has 1 unspecified atom stereocenters. The molecule has 1 aromatic heterocycles. The molecule has 0 aliphatic carbocycles. The van der Waals surface area contributed by atoms with Crippen LogP contribution in [0.4, 0.5) is 0 Å². The van der Waals surface area contributed by atoms with Crippen LogP contribution in [0.1, 0.15) is 49.9 Å². The van der Waals surface area contributed by atoms with Crippen molar-refractivity contribution in [3.63, 3.8) is 0 Å². The number of H-pyrrole nitrogens is 1. The van der Waals surface area contributed by atoms with Crippen LogP contribution >= 0.6 is 0 Å². The third kappa shape index (κ3) is 2.87. The van der Waals surface area contributed by atoms with Crippen LogP contribution < -0.4 is 0 Å². The number of methoxy groups -OCH3 is 1. The number of hydrogen-bond donors (Lipinski definition) is 1. The van der Waals surface area contributed by atoms with Crippen molar-refractivity contribution in [1.82, 2.24) is 9.88 Å². The molecule has 0 spiro atoms. The first-order valence-corrected chi connectivity index (χ1v) is 9.87. The summed E-state index contributed by atoms with van der Waals surface area (Å²) in [5.74, 6) is -0.525. The monoisotopic (exact) mass is 369 g/mol. The number of nitrogens with one attached hydrogen (secondary N) is 1. The predicted octanol–water partition coefficient (Wildman–Crippen LogP) is 3.96. The van der Waals surface area contributed by atoms with E-state index in [1.54, 1.807) is 0 Å². The van der Waals surface area contributed by atoms with Gasteiger partial charge in [0.05, 0.1) is 13.2 Å². The third-order valence-electron chi connectivity index (χ3n) is 6.74. The predicted molar refractivity (Wildman–Crippen MR) is 104 cm³/mol. The summed E-state index contributed by atoms with van der Waals surface area (Å²) < 4.78 is 4.83. The zero-order valence-corrected chi connectivity index (χ0v) is 16.0. The van der Waals surface area contributed by atoms with E-state index in [1.165, 1.54) is 23.8 Å². The number of hydrogen-bond acceptors (Lipinski definition) is 5. The van der Waals surface area contributed by atoms with Gasteiger partial charge in [-0.15, -0.1) is 4.91 Å². The molecule has 6 heteroatoms. The molecule has 1 aromatic carbocycles. The van der Waals surface area contributed by atoms with Crippen LogP contribution in [0.25, 0.3) is 10.9 Å². The van der Waals surface area contributed by atoms with E-state index in [0.717, 1.165) is 44.3 Å². The van der Waals surface area contributed by atoms with Crippen molar-refractivity contribution in [2.45, 2.75) is 51.1 Å². The second-order valence-electron chi connectivity index (χ2n) is 7.92. The number of nitrogens with zero attached hydrogens (tertiary/aromatic N) is 2. The molecule has 0 radical (unpaired) electrons. The van der Waals surface area contributed by atoms with Crippen molar-refractivity contribution in [3.8, 4) is 0 Å². The fourth-order valence-electron chi connectivity index (χ4n) is 5.41. The Hall–Kier alpha value is -2.21. The van der Waals surface area contributed by atoms with Crippen LogP contribution in [0.3, 0.4) is 0 Å². The van der Waals surface area contributed by atoms with E-state index >= 15 is 0 Å². The summed E-state index contributed by atoms with van der Waals surface area (Å²) in [7, 11) is 1.32. The lowest BCUT2D eigenvalue weighted by atomic mass is 9.65. The number of fused-ring (bicyclic) bond motifs is 5. The molecular formula is C21H27N3O3.